The number of fused-ring (bicyclic) bond motifs is 1. The summed E-state index contributed by atoms with van der Waals surface area (Å²) in [4.78, 5) is 19.1. The molecule has 1 aliphatic heterocycles. The fourth-order valence-corrected chi connectivity index (χ4v) is 4.20. The van der Waals surface area contributed by atoms with Crippen LogP contribution in [0.1, 0.15) is 48.2 Å². The molecule has 140 valence electrons. The number of aromatic nitrogens is 3. The minimum Gasteiger partial charge on any atom is -0.355 e. The first kappa shape index (κ1) is 17.7. The lowest BCUT2D eigenvalue weighted by molar-refractivity contribution is 0.333. The van der Waals surface area contributed by atoms with Gasteiger partial charge in [-0.1, -0.05) is 0 Å². The first-order valence-electron chi connectivity index (χ1n) is 9.86. The van der Waals surface area contributed by atoms with Crippen LogP contribution in [0, 0.1) is 24.2 Å². The van der Waals surface area contributed by atoms with Gasteiger partial charge in [-0.15, -0.1) is 0 Å². The molecule has 27 heavy (non-hydrogen) atoms. The van der Waals surface area contributed by atoms with Crippen LogP contribution < -0.4 is 10.5 Å². The molecule has 2 aromatic rings. The maximum absolute atomic E-state index is 12.0. The fourth-order valence-electron chi connectivity index (χ4n) is 4.20. The molecule has 2 aromatic heterocycles. The molecule has 0 saturated carbocycles. The standard InChI is InChI=1S/C21H25N5O/c1-15-6-7-20(27)26(24-15)14-16-8-10-25(11-9-16)21-18(13-22)12-17-4-2-3-5-19(17)23-21/h6-7,12,16H,2-5,8-11,14H2,1H3. The second-order valence-electron chi connectivity index (χ2n) is 7.71. The third-order valence-electron chi connectivity index (χ3n) is 5.75. The van der Waals surface area contributed by atoms with Crippen molar-refractivity contribution in [2.45, 2.75) is 52.0 Å². The van der Waals surface area contributed by atoms with E-state index in [1.54, 1.807) is 16.8 Å². The smallest absolute Gasteiger partial charge is 0.266 e. The zero-order valence-corrected chi connectivity index (χ0v) is 15.8. The molecule has 3 heterocycles. The fraction of sp³-hybridized carbons (Fsp3) is 0.524. The van der Waals surface area contributed by atoms with E-state index in [0.29, 0.717) is 18.0 Å². The third-order valence-corrected chi connectivity index (χ3v) is 5.75. The molecular formula is C21H25N5O. The molecule has 0 N–H and O–H groups in total. The van der Waals surface area contributed by atoms with Crippen LogP contribution in [0.2, 0.25) is 0 Å². The van der Waals surface area contributed by atoms with Crippen LogP contribution in [-0.4, -0.2) is 27.9 Å². The number of nitriles is 1. The van der Waals surface area contributed by atoms with Gasteiger partial charge in [0.25, 0.3) is 5.56 Å². The molecule has 1 saturated heterocycles. The summed E-state index contributed by atoms with van der Waals surface area (Å²) in [6.07, 6.45) is 6.39. The van der Waals surface area contributed by atoms with Gasteiger partial charge in [0.15, 0.2) is 0 Å². The first-order chi connectivity index (χ1) is 13.1. The summed E-state index contributed by atoms with van der Waals surface area (Å²) in [7, 11) is 0. The molecule has 1 fully saturated rings. The van der Waals surface area contributed by atoms with Gasteiger partial charge in [-0.05, 0) is 69.1 Å². The number of nitrogens with zero attached hydrogens (tertiary/aromatic N) is 5. The second-order valence-corrected chi connectivity index (χ2v) is 7.71. The highest BCUT2D eigenvalue weighted by molar-refractivity contribution is 5.56. The van der Waals surface area contributed by atoms with Crippen LogP contribution in [-0.2, 0) is 19.4 Å². The third kappa shape index (κ3) is 3.73. The van der Waals surface area contributed by atoms with E-state index in [0.717, 1.165) is 50.3 Å². The van der Waals surface area contributed by atoms with E-state index in [2.05, 4.69) is 22.1 Å². The minimum absolute atomic E-state index is 0.0360. The molecular weight excluding hydrogens is 338 g/mol. The van der Waals surface area contributed by atoms with Crippen molar-refractivity contribution in [3.8, 4) is 6.07 Å². The van der Waals surface area contributed by atoms with E-state index in [-0.39, 0.29) is 5.56 Å². The Bertz CT molecular complexity index is 935. The Labute approximate surface area is 159 Å². The van der Waals surface area contributed by atoms with Gasteiger partial charge in [0.05, 0.1) is 11.3 Å². The van der Waals surface area contributed by atoms with Crippen LogP contribution in [0.5, 0.6) is 0 Å². The van der Waals surface area contributed by atoms with Gasteiger partial charge in [-0.3, -0.25) is 4.79 Å². The Balaban J connectivity index is 1.47. The number of piperidine rings is 1. The van der Waals surface area contributed by atoms with Crippen LogP contribution in [0.4, 0.5) is 5.82 Å². The van der Waals surface area contributed by atoms with Gasteiger partial charge in [0.2, 0.25) is 0 Å². The van der Waals surface area contributed by atoms with Crippen LogP contribution >= 0.6 is 0 Å². The van der Waals surface area contributed by atoms with Gasteiger partial charge in [0, 0.05) is 31.4 Å². The van der Waals surface area contributed by atoms with Crippen molar-refractivity contribution in [1.29, 1.82) is 5.26 Å². The lowest BCUT2D eigenvalue weighted by Crippen LogP contribution is -2.38. The molecule has 0 spiro atoms. The van der Waals surface area contributed by atoms with Crippen LogP contribution in [0.3, 0.4) is 0 Å². The minimum atomic E-state index is -0.0360. The summed E-state index contributed by atoms with van der Waals surface area (Å²) in [5.74, 6) is 1.28. The average Bonchev–Trinajstić information content (AvgIpc) is 2.70. The predicted octanol–water partition coefficient (Wildman–Crippen LogP) is 2.61. The molecule has 6 nitrogen and oxygen atoms in total. The average molecular weight is 363 g/mol. The quantitative estimate of drug-likeness (QED) is 0.838. The normalized spacial score (nSPS) is 17.4. The summed E-state index contributed by atoms with van der Waals surface area (Å²) in [5, 5.41) is 13.9. The summed E-state index contributed by atoms with van der Waals surface area (Å²) >= 11 is 0. The van der Waals surface area contributed by atoms with E-state index >= 15 is 0 Å². The highest BCUT2D eigenvalue weighted by Gasteiger charge is 2.24. The Morgan fingerprint density at radius 1 is 1.22 bits per heavy atom. The molecule has 0 amide bonds. The van der Waals surface area contributed by atoms with Crippen LogP contribution in [0.15, 0.2) is 23.0 Å². The van der Waals surface area contributed by atoms with Crippen molar-refractivity contribution in [2.24, 2.45) is 5.92 Å². The number of rotatable bonds is 3. The molecule has 0 atom stereocenters. The Morgan fingerprint density at radius 2 is 2.00 bits per heavy atom. The summed E-state index contributed by atoms with van der Waals surface area (Å²) in [6.45, 7) is 4.30. The van der Waals surface area contributed by atoms with Crippen molar-refractivity contribution in [2.75, 3.05) is 18.0 Å². The van der Waals surface area contributed by atoms with Crippen molar-refractivity contribution in [3.05, 3.63) is 51.1 Å². The molecule has 1 aliphatic carbocycles. The first-order valence-corrected chi connectivity index (χ1v) is 9.86. The zero-order valence-electron chi connectivity index (χ0n) is 15.8. The summed E-state index contributed by atoms with van der Waals surface area (Å²) < 4.78 is 1.59. The molecule has 6 heteroatoms. The molecule has 4 rings (SSSR count). The van der Waals surface area contributed by atoms with E-state index in [1.807, 2.05) is 6.92 Å². The second kappa shape index (κ2) is 7.51. The maximum Gasteiger partial charge on any atom is 0.266 e. The van der Waals surface area contributed by atoms with E-state index < -0.39 is 0 Å². The summed E-state index contributed by atoms with van der Waals surface area (Å²) in [5.41, 5.74) is 3.95. The maximum atomic E-state index is 12.0. The number of hydrogen-bond acceptors (Lipinski definition) is 5. The molecule has 2 aliphatic rings. The van der Waals surface area contributed by atoms with E-state index in [1.165, 1.54) is 24.1 Å². The Morgan fingerprint density at radius 3 is 2.78 bits per heavy atom. The molecule has 0 unspecified atom stereocenters. The van der Waals surface area contributed by atoms with Crippen molar-refractivity contribution in [3.63, 3.8) is 0 Å². The number of pyridine rings is 1. The zero-order chi connectivity index (χ0) is 18.8. The highest BCUT2D eigenvalue weighted by Crippen LogP contribution is 2.29. The van der Waals surface area contributed by atoms with Gasteiger partial charge in [0.1, 0.15) is 11.9 Å². The van der Waals surface area contributed by atoms with Crippen molar-refractivity contribution >= 4 is 5.82 Å². The van der Waals surface area contributed by atoms with Gasteiger partial charge in [-0.25, -0.2) is 9.67 Å². The SMILES string of the molecule is Cc1ccc(=O)n(CC2CCN(c3nc4c(cc3C#N)CCCC4)CC2)n1. The predicted molar refractivity (Wildman–Crippen MR) is 104 cm³/mol. The van der Waals surface area contributed by atoms with E-state index in [9.17, 15) is 10.1 Å². The lowest BCUT2D eigenvalue weighted by atomic mass is 9.93. The summed E-state index contributed by atoms with van der Waals surface area (Å²) in [6, 6.07) is 7.75. The van der Waals surface area contributed by atoms with Gasteiger partial charge in [-0.2, -0.15) is 10.4 Å². The van der Waals surface area contributed by atoms with Gasteiger partial charge < -0.3 is 4.90 Å². The number of aryl methyl sites for hydroxylation is 3. The molecule has 0 bridgehead atoms. The topological polar surface area (TPSA) is 74.8 Å². The van der Waals surface area contributed by atoms with Gasteiger partial charge >= 0.3 is 0 Å². The Kier molecular flexibility index (Phi) is 4.93. The lowest BCUT2D eigenvalue weighted by Gasteiger charge is -2.34. The molecule has 0 aromatic carbocycles. The molecule has 0 radical (unpaired) electrons. The largest absolute Gasteiger partial charge is 0.355 e. The van der Waals surface area contributed by atoms with E-state index in [4.69, 9.17) is 4.98 Å². The Hall–Kier alpha value is -2.68. The monoisotopic (exact) mass is 363 g/mol. The van der Waals surface area contributed by atoms with Crippen molar-refractivity contribution in [1.82, 2.24) is 14.8 Å². The number of anilines is 1. The number of hydrogen-bond donors (Lipinski definition) is 0. The van der Waals surface area contributed by atoms with Crippen molar-refractivity contribution < 1.29 is 0 Å². The highest BCUT2D eigenvalue weighted by atomic mass is 16.1. The van der Waals surface area contributed by atoms with Crippen LogP contribution in [0.25, 0.3) is 0 Å².